The fraction of sp³-hybridized carbons (Fsp3) is 0.467. The first kappa shape index (κ1) is 14.4. The lowest BCUT2D eigenvalue weighted by Crippen LogP contribution is -2.45. The summed E-state index contributed by atoms with van der Waals surface area (Å²) in [6, 6.07) is 9.18. The monoisotopic (exact) mass is 277 g/mol. The Bertz CT molecular complexity index is 470. The molecule has 0 saturated heterocycles. The minimum Gasteiger partial charge on any atom is -0.481 e. The van der Waals surface area contributed by atoms with Crippen molar-refractivity contribution in [2.45, 2.75) is 38.3 Å². The number of hydrogen-bond donors (Lipinski definition) is 1. The van der Waals surface area contributed by atoms with Crippen molar-refractivity contribution in [3.63, 3.8) is 0 Å². The van der Waals surface area contributed by atoms with Crippen molar-refractivity contribution in [2.24, 2.45) is 0 Å². The molecule has 0 aromatic heterocycles. The highest BCUT2D eigenvalue weighted by atomic mass is 16.5. The van der Waals surface area contributed by atoms with Crippen molar-refractivity contribution in [3.8, 4) is 5.75 Å². The number of ether oxygens (including phenoxy) is 1. The van der Waals surface area contributed by atoms with Crippen LogP contribution in [-0.4, -0.2) is 40.6 Å². The molecule has 20 heavy (non-hydrogen) atoms. The van der Waals surface area contributed by atoms with Gasteiger partial charge in [-0.3, -0.25) is 9.59 Å². The molecule has 1 amide bonds. The molecular formula is C15H19NO4. The highest BCUT2D eigenvalue weighted by Crippen LogP contribution is 2.28. The largest absolute Gasteiger partial charge is 0.481 e. The van der Waals surface area contributed by atoms with Crippen molar-refractivity contribution in [3.05, 3.63) is 30.3 Å². The van der Waals surface area contributed by atoms with E-state index in [0.29, 0.717) is 12.2 Å². The topological polar surface area (TPSA) is 66.8 Å². The number of para-hydroxylation sites is 1. The van der Waals surface area contributed by atoms with Gasteiger partial charge in [0.25, 0.3) is 5.91 Å². The molecule has 1 aromatic carbocycles. The second-order valence-electron chi connectivity index (χ2n) is 4.92. The zero-order valence-electron chi connectivity index (χ0n) is 11.5. The number of benzene rings is 1. The van der Waals surface area contributed by atoms with Crippen LogP contribution in [0.5, 0.6) is 5.75 Å². The maximum atomic E-state index is 12.4. The quantitative estimate of drug-likeness (QED) is 0.827. The third-order valence-electron chi connectivity index (χ3n) is 3.24. The average Bonchev–Trinajstić information content (AvgIpc) is 3.27. The number of carbonyl (C=O) groups excluding carboxylic acids is 1. The number of hydrogen-bond acceptors (Lipinski definition) is 3. The van der Waals surface area contributed by atoms with E-state index in [4.69, 9.17) is 9.84 Å². The summed E-state index contributed by atoms with van der Waals surface area (Å²) in [5, 5.41) is 8.92. The average molecular weight is 277 g/mol. The number of carboxylic acid groups (broad SMARTS) is 1. The molecule has 1 aliphatic rings. The molecule has 1 aromatic rings. The van der Waals surface area contributed by atoms with Crippen molar-refractivity contribution in [1.29, 1.82) is 0 Å². The lowest BCUT2D eigenvalue weighted by molar-refractivity contribution is -0.148. The third kappa shape index (κ3) is 3.73. The first-order chi connectivity index (χ1) is 9.61. The molecule has 2 rings (SSSR count). The van der Waals surface area contributed by atoms with Gasteiger partial charge in [0.2, 0.25) is 0 Å². The van der Waals surface area contributed by atoms with Gasteiger partial charge in [0.05, 0.1) is 0 Å². The summed E-state index contributed by atoms with van der Waals surface area (Å²) in [5.41, 5.74) is 0. The van der Waals surface area contributed by atoms with Crippen molar-refractivity contribution < 1.29 is 19.4 Å². The van der Waals surface area contributed by atoms with Gasteiger partial charge in [-0.25, -0.2) is 0 Å². The number of rotatable bonds is 7. The van der Waals surface area contributed by atoms with Crippen molar-refractivity contribution >= 4 is 11.9 Å². The predicted octanol–water partition coefficient (Wildman–Crippen LogP) is 1.92. The Hall–Kier alpha value is -2.04. The summed E-state index contributed by atoms with van der Waals surface area (Å²) in [6.07, 6.45) is 1.63. The number of amides is 1. The van der Waals surface area contributed by atoms with E-state index in [1.165, 1.54) is 4.90 Å². The zero-order chi connectivity index (χ0) is 14.5. The normalized spacial score (nSPS) is 15.4. The number of nitrogens with zero attached hydrogens (tertiary/aromatic N) is 1. The number of aliphatic carboxylic acids is 1. The molecule has 1 saturated carbocycles. The number of carbonyl (C=O) groups is 2. The van der Waals surface area contributed by atoms with E-state index in [9.17, 15) is 9.59 Å². The molecule has 108 valence electrons. The molecule has 1 atom stereocenters. The molecule has 5 nitrogen and oxygen atoms in total. The van der Waals surface area contributed by atoms with E-state index in [1.807, 2.05) is 25.1 Å². The smallest absolute Gasteiger partial charge is 0.323 e. The molecule has 0 spiro atoms. The Morgan fingerprint density at radius 3 is 2.50 bits per heavy atom. The molecule has 1 N–H and O–H groups in total. The van der Waals surface area contributed by atoms with Crippen LogP contribution in [0.1, 0.15) is 26.2 Å². The van der Waals surface area contributed by atoms with Crippen LogP contribution >= 0.6 is 0 Å². The highest BCUT2D eigenvalue weighted by molar-refractivity contribution is 5.85. The first-order valence-corrected chi connectivity index (χ1v) is 6.85. The molecule has 0 aliphatic heterocycles. The Kier molecular flexibility index (Phi) is 4.61. The molecule has 0 heterocycles. The fourth-order valence-corrected chi connectivity index (χ4v) is 2.08. The minimum atomic E-state index is -0.986. The maximum Gasteiger partial charge on any atom is 0.323 e. The molecule has 1 fully saturated rings. The Balaban J connectivity index is 2.05. The Morgan fingerprint density at radius 1 is 1.35 bits per heavy atom. The van der Waals surface area contributed by atoms with E-state index in [-0.39, 0.29) is 18.5 Å². The summed E-state index contributed by atoms with van der Waals surface area (Å²) in [5.74, 6) is -0.597. The SMILES string of the molecule is CCC(Oc1ccccc1)C(=O)N(CC(=O)O)C1CC1. The van der Waals surface area contributed by atoms with Gasteiger partial charge in [-0.1, -0.05) is 25.1 Å². The molecule has 1 unspecified atom stereocenters. The van der Waals surface area contributed by atoms with Crippen LogP contribution in [0.25, 0.3) is 0 Å². The van der Waals surface area contributed by atoms with Crippen LogP contribution in [-0.2, 0) is 9.59 Å². The summed E-state index contributed by atoms with van der Waals surface area (Å²) >= 11 is 0. The molecule has 0 bridgehead atoms. The highest BCUT2D eigenvalue weighted by Gasteiger charge is 2.37. The first-order valence-electron chi connectivity index (χ1n) is 6.85. The molecule has 0 radical (unpaired) electrons. The second kappa shape index (κ2) is 6.41. The van der Waals surface area contributed by atoms with Gasteiger partial charge in [-0.2, -0.15) is 0 Å². The van der Waals surface area contributed by atoms with Gasteiger partial charge in [-0.15, -0.1) is 0 Å². The van der Waals surface area contributed by atoms with Gasteiger partial charge in [0.1, 0.15) is 12.3 Å². The summed E-state index contributed by atoms with van der Waals surface area (Å²) < 4.78 is 5.68. The lowest BCUT2D eigenvalue weighted by Gasteiger charge is -2.25. The van der Waals surface area contributed by atoms with Gasteiger partial charge >= 0.3 is 5.97 Å². The Labute approximate surface area is 118 Å². The van der Waals surface area contributed by atoms with Crippen LogP contribution in [0.15, 0.2) is 30.3 Å². The van der Waals surface area contributed by atoms with Crippen LogP contribution in [0.3, 0.4) is 0 Å². The fourth-order valence-electron chi connectivity index (χ4n) is 2.08. The van der Waals surface area contributed by atoms with Crippen molar-refractivity contribution in [2.75, 3.05) is 6.54 Å². The maximum absolute atomic E-state index is 12.4. The van der Waals surface area contributed by atoms with E-state index in [0.717, 1.165) is 12.8 Å². The predicted molar refractivity (Wildman–Crippen MR) is 73.5 cm³/mol. The van der Waals surface area contributed by atoms with Gasteiger partial charge in [0.15, 0.2) is 6.10 Å². The van der Waals surface area contributed by atoms with E-state index >= 15 is 0 Å². The van der Waals surface area contributed by atoms with E-state index < -0.39 is 12.1 Å². The molecule has 5 heteroatoms. The van der Waals surface area contributed by atoms with Gasteiger partial charge in [0, 0.05) is 6.04 Å². The standard InChI is InChI=1S/C15H19NO4/c1-2-13(20-12-6-4-3-5-7-12)15(19)16(10-14(17)18)11-8-9-11/h3-7,11,13H,2,8-10H2,1H3,(H,17,18). The lowest BCUT2D eigenvalue weighted by atomic mass is 10.2. The van der Waals surface area contributed by atoms with Crippen molar-refractivity contribution in [1.82, 2.24) is 4.90 Å². The van der Waals surface area contributed by atoms with E-state index in [2.05, 4.69) is 0 Å². The number of carboxylic acids is 1. The Morgan fingerprint density at radius 2 is 2.00 bits per heavy atom. The third-order valence-corrected chi connectivity index (χ3v) is 3.24. The van der Waals surface area contributed by atoms with Gasteiger partial charge in [-0.05, 0) is 31.4 Å². The van der Waals surface area contributed by atoms with Crippen LogP contribution in [0.4, 0.5) is 0 Å². The van der Waals surface area contributed by atoms with Crippen LogP contribution < -0.4 is 4.74 Å². The molecule has 1 aliphatic carbocycles. The molecular weight excluding hydrogens is 258 g/mol. The zero-order valence-corrected chi connectivity index (χ0v) is 11.5. The van der Waals surface area contributed by atoms with Crippen LogP contribution in [0, 0.1) is 0 Å². The van der Waals surface area contributed by atoms with E-state index in [1.54, 1.807) is 12.1 Å². The minimum absolute atomic E-state index is 0.0621. The summed E-state index contributed by atoms with van der Waals surface area (Å²) in [7, 11) is 0. The van der Waals surface area contributed by atoms with Gasteiger partial charge < -0.3 is 14.7 Å². The summed E-state index contributed by atoms with van der Waals surface area (Å²) in [6.45, 7) is 1.61. The summed E-state index contributed by atoms with van der Waals surface area (Å²) in [4.78, 5) is 24.7. The second-order valence-corrected chi connectivity index (χ2v) is 4.92. The van der Waals surface area contributed by atoms with Crippen LogP contribution in [0.2, 0.25) is 0 Å².